The molecule has 5 nitrogen and oxygen atoms in total. The van der Waals surface area contributed by atoms with Crippen LogP contribution in [-0.4, -0.2) is 18.1 Å². The van der Waals surface area contributed by atoms with E-state index in [2.05, 4.69) is 33.1 Å². The zero-order valence-corrected chi connectivity index (χ0v) is 17.3. The van der Waals surface area contributed by atoms with Crippen LogP contribution in [0.2, 0.25) is 5.02 Å². The Morgan fingerprint density at radius 2 is 1.71 bits per heavy atom. The third-order valence-electron chi connectivity index (χ3n) is 3.62. The van der Waals surface area contributed by atoms with Gasteiger partial charge in [0.05, 0.1) is 11.8 Å². The van der Waals surface area contributed by atoms with Crippen molar-refractivity contribution in [2.75, 3.05) is 0 Å². The van der Waals surface area contributed by atoms with E-state index in [1.807, 2.05) is 6.07 Å². The highest BCUT2D eigenvalue weighted by molar-refractivity contribution is 14.1. The lowest BCUT2D eigenvalue weighted by Gasteiger charge is -2.05. The van der Waals surface area contributed by atoms with Crippen LogP contribution in [0.15, 0.2) is 77.9 Å². The van der Waals surface area contributed by atoms with Gasteiger partial charge >= 0.3 is 5.97 Å². The van der Waals surface area contributed by atoms with Gasteiger partial charge < -0.3 is 4.74 Å². The van der Waals surface area contributed by atoms with Crippen molar-refractivity contribution >= 4 is 52.3 Å². The molecule has 1 amide bonds. The number of hydrogen-bond acceptors (Lipinski definition) is 4. The summed E-state index contributed by atoms with van der Waals surface area (Å²) < 4.78 is 6.32. The van der Waals surface area contributed by atoms with Gasteiger partial charge in [-0.15, -0.1) is 0 Å². The Morgan fingerprint density at radius 3 is 2.46 bits per heavy atom. The average Bonchev–Trinajstić information content (AvgIpc) is 2.68. The minimum absolute atomic E-state index is 0.305. The second kappa shape index (κ2) is 9.48. The van der Waals surface area contributed by atoms with Gasteiger partial charge in [0.15, 0.2) is 0 Å². The summed E-state index contributed by atoms with van der Waals surface area (Å²) in [5.41, 5.74) is 4.06. The normalized spacial score (nSPS) is 10.6. The SMILES string of the molecule is O=C(N/N=C\c1cccc(OC(=O)c2ccc(Cl)cc2)c1)c1cccc(I)c1. The molecule has 3 aromatic carbocycles. The number of ether oxygens (including phenoxy) is 1. The van der Waals surface area contributed by atoms with Gasteiger partial charge in [-0.3, -0.25) is 4.79 Å². The van der Waals surface area contributed by atoms with E-state index in [1.165, 1.54) is 6.21 Å². The number of amides is 1. The molecular formula is C21H14ClIN2O3. The molecule has 0 spiro atoms. The summed E-state index contributed by atoms with van der Waals surface area (Å²) >= 11 is 7.96. The maximum Gasteiger partial charge on any atom is 0.343 e. The molecule has 0 heterocycles. The van der Waals surface area contributed by atoms with Crippen LogP contribution in [0, 0.1) is 3.57 Å². The second-order valence-corrected chi connectivity index (χ2v) is 7.36. The molecule has 0 atom stereocenters. The smallest absolute Gasteiger partial charge is 0.343 e. The van der Waals surface area contributed by atoms with Crippen LogP contribution in [0.4, 0.5) is 0 Å². The topological polar surface area (TPSA) is 67.8 Å². The van der Waals surface area contributed by atoms with Crippen LogP contribution in [0.3, 0.4) is 0 Å². The monoisotopic (exact) mass is 504 g/mol. The highest BCUT2D eigenvalue weighted by atomic mass is 127. The molecule has 0 aromatic heterocycles. The van der Waals surface area contributed by atoms with E-state index >= 15 is 0 Å². The van der Waals surface area contributed by atoms with Crippen molar-refractivity contribution in [1.29, 1.82) is 0 Å². The molecular weight excluding hydrogens is 491 g/mol. The Labute approximate surface area is 180 Å². The number of benzene rings is 3. The number of nitrogens with one attached hydrogen (secondary N) is 1. The van der Waals surface area contributed by atoms with Gasteiger partial charge in [0.25, 0.3) is 5.91 Å². The van der Waals surface area contributed by atoms with Crippen molar-refractivity contribution in [1.82, 2.24) is 5.43 Å². The molecule has 3 aromatic rings. The van der Waals surface area contributed by atoms with Crippen LogP contribution in [0.25, 0.3) is 0 Å². The zero-order valence-electron chi connectivity index (χ0n) is 14.4. The van der Waals surface area contributed by atoms with E-state index in [0.717, 1.165) is 3.57 Å². The van der Waals surface area contributed by atoms with Gasteiger partial charge in [-0.2, -0.15) is 5.10 Å². The summed E-state index contributed by atoms with van der Waals surface area (Å²) in [6.07, 6.45) is 1.48. The highest BCUT2D eigenvalue weighted by Crippen LogP contribution is 2.16. The van der Waals surface area contributed by atoms with Crippen LogP contribution in [0.5, 0.6) is 5.75 Å². The number of carbonyl (C=O) groups excluding carboxylic acids is 2. The molecule has 0 saturated heterocycles. The Morgan fingerprint density at radius 1 is 0.964 bits per heavy atom. The molecule has 3 rings (SSSR count). The summed E-state index contributed by atoms with van der Waals surface area (Å²) in [7, 11) is 0. The number of halogens is 2. The Balaban J connectivity index is 1.62. The molecule has 0 aliphatic heterocycles. The third kappa shape index (κ3) is 5.64. The van der Waals surface area contributed by atoms with Crippen molar-refractivity contribution in [2.45, 2.75) is 0 Å². The number of carbonyl (C=O) groups is 2. The number of nitrogens with zero attached hydrogens (tertiary/aromatic N) is 1. The molecule has 0 bridgehead atoms. The van der Waals surface area contributed by atoms with Crippen LogP contribution >= 0.6 is 34.2 Å². The quantitative estimate of drug-likeness (QED) is 0.176. The zero-order chi connectivity index (χ0) is 19.9. The number of esters is 1. The molecule has 0 aliphatic rings. The summed E-state index contributed by atoms with van der Waals surface area (Å²) in [4.78, 5) is 24.2. The summed E-state index contributed by atoms with van der Waals surface area (Å²) in [5.74, 6) is -0.425. The van der Waals surface area contributed by atoms with Crippen LogP contribution < -0.4 is 10.2 Å². The second-order valence-electron chi connectivity index (χ2n) is 5.68. The first-order valence-electron chi connectivity index (χ1n) is 8.18. The number of rotatable bonds is 5. The highest BCUT2D eigenvalue weighted by Gasteiger charge is 2.09. The van der Waals surface area contributed by atoms with Gasteiger partial charge in [-0.25, -0.2) is 10.2 Å². The van der Waals surface area contributed by atoms with Gasteiger partial charge in [-0.05, 0) is 82.8 Å². The molecule has 140 valence electrons. The third-order valence-corrected chi connectivity index (χ3v) is 4.54. The van der Waals surface area contributed by atoms with Gasteiger partial charge in [0.1, 0.15) is 5.75 Å². The van der Waals surface area contributed by atoms with E-state index < -0.39 is 5.97 Å². The fourth-order valence-electron chi connectivity index (χ4n) is 2.27. The Kier molecular flexibility index (Phi) is 6.78. The molecule has 0 saturated carbocycles. The molecule has 0 radical (unpaired) electrons. The maximum absolute atomic E-state index is 12.2. The van der Waals surface area contributed by atoms with Gasteiger partial charge in [0.2, 0.25) is 0 Å². The Hall–Kier alpha value is -2.71. The molecule has 7 heteroatoms. The molecule has 0 aliphatic carbocycles. The number of hydrogen-bond donors (Lipinski definition) is 1. The largest absolute Gasteiger partial charge is 0.423 e. The minimum atomic E-state index is -0.488. The van der Waals surface area contributed by atoms with E-state index in [9.17, 15) is 9.59 Å². The van der Waals surface area contributed by atoms with Crippen LogP contribution in [0.1, 0.15) is 26.3 Å². The number of hydrazone groups is 1. The van der Waals surface area contributed by atoms with Crippen molar-refractivity contribution in [3.63, 3.8) is 0 Å². The van der Waals surface area contributed by atoms with E-state index in [1.54, 1.807) is 66.7 Å². The fourth-order valence-corrected chi connectivity index (χ4v) is 2.94. The lowest BCUT2D eigenvalue weighted by molar-refractivity contribution is 0.0734. The average molecular weight is 505 g/mol. The molecule has 28 heavy (non-hydrogen) atoms. The fraction of sp³-hybridized carbons (Fsp3) is 0. The van der Waals surface area contributed by atoms with Crippen molar-refractivity contribution in [3.8, 4) is 5.75 Å². The predicted octanol–water partition coefficient (Wildman–Crippen LogP) is 4.93. The predicted molar refractivity (Wildman–Crippen MR) is 117 cm³/mol. The van der Waals surface area contributed by atoms with Crippen molar-refractivity contribution < 1.29 is 14.3 Å². The first-order chi connectivity index (χ1) is 13.5. The minimum Gasteiger partial charge on any atom is -0.423 e. The molecule has 0 fully saturated rings. The lowest BCUT2D eigenvalue weighted by Crippen LogP contribution is -2.17. The lowest BCUT2D eigenvalue weighted by atomic mass is 10.2. The Bertz CT molecular complexity index is 1040. The van der Waals surface area contributed by atoms with E-state index in [-0.39, 0.29) is 5.91 Å². The molecule has 1 N–H and O–H groups in total. The van der Waals surface area contributed by atoms with Crippen molar-refractivity contribution in [2.24, 2.45) is 5.10 Å². The summed E-state index contributed by atoms with van der Waals surface area (Å²) in [6.45, 7) is 0. The first kappa shape index (κ1) is 20.0. The van der Waals surface area contributed by atoms with Crippen molar-refractivity contribution in [3.05, 3.63) is 98.1 Å². The van der Waals surface area contributed by atoms with Crippen LogP contribution in [-0.2, 0) is 0 Å². The van der Waals surface area contributed by atoms with E-state index in [0.29, 0.717) is 27.5 Å². The molecule has 0 unspecified atom stereocenters. The summed E-state index contributed by atoms with van der Waals surface area (Å²) in [6, 6.07) is 20.4. The first-order valence-corrected chi connectivity index (χ1v) is 9.64. The van der Waals surface area contributed by atoms with E-state index in [4.69, 9.17) is 16.3 Å². The van der Waals surface area contributed by atoms with Gasteiger partial charge in [-0.1, -0.05) is 29.8 Å². The van der Waals surface area contributed by atoms with Gasteiger partial charge in [0, 0.05) is 14.2 Å². The maximum atomic E-state index is 12.2. The standard InChI is InChI=1S/C21H14ClIN2O3/c22-17-9-7-15(8-10-17)21(27)28-19-6-1-3-14(11-19)13-24-25-20(26)16-4-2-5-18(23)12-16/h1-13H,(H,25,26)/b24-13-. The summed E-state index contributed by atoms with van der Waals surface area (Å²) in [5, 5.41) is 4.50.